The van der Waals surface area contributed by atoms with E-state index in [1.165, 1.54) is 4.90 Å². The second-order valence-electron chi connectivity index (χ2n) is 1.94. The van der Waals surface area contributed by atoms with Crippen LogP contribution in [0.2, 0.25) is 0 Å². The van der Waals surface area contributed by atoms with Gasteiger partial charge in [0.25, 0.3) is 0 Å². The minimum absolute atomic E-state index is 0.0364. The summed E-state index contributed by atoms with van der Waals surface area (Å²) in [5, 5.41) is 10.8. The maximum atomic E-state index is 10.5. The van der Waals surface area contributed by atoms with Gasteiger partial charge in [-0.3, -0.25) is 0 Å². The van der Waals surface area contributed by atoms with Crippen LogP contribution in [0.25, 0.3) is 0 Å². The van der Waals surface area contributed by atoms with Crippen molar-refractivity contribution in [1.82, 2.24) is 4.90 Å². The van der Waals surface area contributed by atoms with Gasteiger partial charge in [0.2, 0.25) is 0 Å². The quantitative estimate of drug-likeness (QED) is 0.216. The molecule has 2 amide bonds. The van der Waals surface area contributed by atoms with Crippen molar-refractivity contribution in [3.05, 3.63) is 0 Å². The van der Waals surface area contributed by atoms with E-state index < -0.39 is 6.03 Å². The molecule has 6 nitrogen and oxygen atoms in total. The fourth-order valence-corrected chi connectivity index (χ4v) is 0.573. The molecule has 0 aromatic carbocycles. The molecule has 5 N–H and O–H groups in total. The Morgan fingerprint density at radius 3 is 2.45 bits per heavy atom. The van der Waals surface area contributed by atoms with Gasteiger partial charge in [0, 0.05) is 6.54 Å². The van der Waals surface area contributed by atoms with Gasteiger partial charge in [-0.1, -0.05) is 5.16 Å². The minimum Gasteiger partial charge on any atom is -0.409 e. The molecule has 0 rings (SSSR count). The first-order chi connectivity index (χ1) is 5.11. The van der Waals surface area contributed by atoms with Crippen molar-refractivity contribution in [2.75, 3.05) is 13.1 Å². The molecule has 64 valence electrons. The van der Waals surface area contributed by atoms with Gasteiger partial charge in [0.15, 0.2) is 5.84 Å². The summed E-state index contributed by atoms with van der Waals surface area (Å²) in [5.74, 6) is -0.0364. The highest BCUT2D eigenvalue weighted by atomic mass is 16.4. The summed E-state index contributed by atoms with van der Waals surface area (Å²) >= 11 is 0. The van der Waals surface area contributed by atoms with Crippen molar-refractivity contribution >= 4 is 11.9 Å². The second kappa shape index (κ2) is 4.37. The molecule has 0 unspecified atom stereocenters. The van der Waals surface area contributed by atoms with Crippen molar-refractivity contribution in [1.29, 1.82) is 0 Å². The third-order valence-corrected chi connectivity index (χ3v) is 1.17. The average molecular weight is 160 g/mol. The van der Waals surface area contributed by atoms with Gasteiger partial charge >= 0.3 is 6.03 Å². The number of hydrogen-bond acceptors (Lipinski definition) is 3. The molecule has 0 atom stereocenters. The van der Waals surface area contributed by atoms with Gasteiger partial charge in [0.05, 0.1) is 6.54 Å². The molecule has 0 fully saturated rings. The number of oxime groups is 1. The Morgan fingerprint density at radius 1 is 1.64 bits per heavy atom. The lowest BCUT2D eigenvalue weighted by molar-refractivity contribution is 0.216. The van der Waals surface area contributed by atoms with Crippen LogP contribution in [0, 0.1) is 0 Å². The Kier molecular flexibility index (Phi) is 3.79. The van der Waals surface area contributed by atoms with E-state index in [-0.39, 0.29) is 12.4 Å². The van der Waals surface area contributed by atoms with E-state index >= 15 is 0 Å². The fourth-order valence-electron chi connectivity index (χ4n) is 0.573. The Bertz CT molecular complexity index is 168. The molecular formula is C5H12N4O2. The maximum Gasteiger partial charge on any atom is 0.315 e. The van der Waals surface area contributed by atoms with Gasteiger partial charge in [-0.25, -0.2) is 4.79 Å². The maximum absolute atomic E-state index is 10.5. The molecule has 0 aromatic rings. The lowest BCUT2D eigenvalue weighted by Gasteiger charge is -2.16. The largest absolute Gasteiger partial charge is 0.409 e. The third kappa shape index (κ3) is 3.29. The number of nitrogens with two attached hydrogens (primary N) is 2. The van der Waals surface area contributed by atoms with Gasteiger partial charge in [-0.15, -0.1) is 0 Å². The first-order valence-corrected chi connectivity index (χ1v) is 3.12. The monoisotopic (exact) mass is 160 g/mol. The number of hydrogen-bond donors (Lipinski definition) is 3. The normalized spacial score (nSPS) is 11.2. The highest BCUT2D eigenvalue weighted by Gasteiger charge is 2.07. The first-order valence-electron chi connectivity index (χ1n) is 3.12. The number of rotatable bonds is 3. The molecule has 0 saturated carbocycles. The van der Waals surface area contributed by atoms with E-state index in [0.717, 1.165) is 0 Å². The van der Waals surface area contributed by atoms with Crippen molar-refractivity contribution in [2.45, 2.75) is 6.92 Å². The lowest BCUT2D eigenvalue weighted by atomic mass is 10.5. The molecule has 0 spiro atoms. The lowest BCUT2D eigenvalue weighted by Crippen LogP contribution is -2.41. The predicted molar refractivity (Wildman–Crippen MR) is 40.2 cm³/mol. The van der Waals surface area contributed by atoms with Crippen LogP contribution in [0.1, 0.15) is 6.92 Å². The van der Waals surface area contributed by atoms with Crippen molar-refractivity contribution in [2.24, 2.45) is 16.6 Å². The van der Waals surface area contributed by atoms with Crippen LogP contribution in [0.15, 0.2) is 5.16 Å². The number of carbonyl (C=O) groups excluding carboxylic acids is 1. The Morgan fingerprint density at radius 2 is 2.18 bits per heavy atom. The molecule has 0 aliphatic heterocycles. The SMILES string of the molecule is CCN(C/C(N)=N/O)C(N)=O. The standard InChI is InChI=1S/C5H12N4O2/c1-2-9(5(7)10)3-4(6)8-11/h11H,2-3H2,1H3,(H2,6,8)(H2,7,10). The topological polar surface area (TPSA) is 105 Å². The van der Waals surface area contributed by atoms with Crippen LogP contribution in [-0.2, 0) is 0 Å². The zero-order valence-electron chi connectivity index (χ0n) is 6.32. The summed E-state index contributed by atoms with van der Waals surface area (Å²) < 4.78 is 0. The zero-order valence-corrected chi connectivity index (χ0v) is 6.32. The Hall–Kier alpha value is -1.46. The molecule has 0 aliphatic rings. The van der Waals surface area contributed by atoms with Crippen molar-refractivity contribution in [3.8, 4) is 0 Å². The molecule has 0 aliphatic carbocycles. The smallest absolute Gasteiger partial charge is 0.315 e. The summed E-state index contributed by atoms with van der Waals surface area (Å²) in [6.07, 6.45) is 0. The van der Waals surface area contributed by atoms with E-state index in [2.05, 4.69) is 5.16 Å². The van der Waals surface area contributed by atoms with E-state index in [1.807, 2.05) is 0 Å². The summed E-state index contributed by atoms with van der Waals surface area (Å²) in [6, 6.07) is -0.584. The van der Waals surface area contributed by atoms with Crippen LogP contribution in [-0.4, -0.2) is 35.1 Å². The molecular weight excluding hydrogens is 148 g/mol. The van der Waals surface area contributed by atoms with Gasteiger partial charge < -0.3 is 21.6 Å². The Labute approximate surface area is 64.4 Å². The van der Waals surface area contributed by atoms with Crippen LogP contribution in [0.4, 0.5) is 4.79 Å². The number of likely N-dealkylation sites (N-methyl/N-ethyl adjacent to an activating group) is 1. The summed E-state index contributed by atoms with van der Waals surface area (Å²) in [7, 11) is 0. The van der Waals surface area contributed by atoms with Crippen LogP contribution in [0.3, 0.4) is 0 Å². The molecule has 0 aromatic heterocycles. The van der Waals surface area contributed by atoms with Gasteiger partial charge in [-0.2, -0.15) is 0 Å². The molecule has 6 heteroatoms. The van der Waals surface area contributed by atoms with Crippen LogP contribution in [0.5, 0.6) is 0 Å². The molecule has 0 heterocycles. The van der Waals surface area contributed by atoms with Crippen LogP contribution < -0.4 is 11.5 Å². The predicted octanol–water partition coefficient (Wildman–Crippen LogP) is -0.867. The number of primary amides is 1. The third-order valence-electron chi connectivity index (χ3n) is 1.17. The van der Waals surface area contributed by atoms with Crippen LogP contribution >= 0.6 is 0 Å². The van der Waals surface area contributed by atoms with E-state index in [4.69, 9.17) is 16.7 Å². The number of urea groups is 1. The average Bonchev–Trinajstić information content (AvgIpc) is 1.99. The zero-order chi connectivity index (χ0) is 8.85. The Balaban J connectivity index is 3.98. The number of amides is 2. The molecule has 0 saturated heterocycles. The first kappa shape index (κ1) is 9.54. The van der Waals surface area contributed by atoms with E-state index in [0.29, 0.717) is 6.54 Å². The fraction of sp³-hybridized carbons (Fsp3) is 0.600. The summed E-state index contributed by atoms with van der Waals surface area (Å²) in [5.41, 5.74) is 10.1. The highest BCUT2D eigenvalue weighted by Crippen LogP contribution is 1.85. The number of amidine groups is 1. The van der Waals surface area contributed by atoms with Gasteiger partial charge in [-0.05, 0) is 6.92 Å². The molecule has 0 radical (unpaired) electrons. The summed E-state index contributed by atoms with van der Waals surface area (Å²) in [6.45, 7) is 2.24. The second-order valence-corrected chi connectivity index (χ2v) is 1.94. The molecule has 11 heavy (non-hydrogen) atoms. The van der Waals surface area contributed by atoms with Crippen molar-refractivity contribution < 1.29 is 10.0 Å². The van der Waals surface area contributed by atoms with E-state index in [9.17, 15) is 4.79 Å². The number of nitrogens with zero attached hydrogens (tertiary/aromatic N) is 2. The molecule has 0 bridgehead atoms. The summed E-state index contributed by atoms with van der Waals surface area (Å²) in [4.78, 5) is 11.8. The van der Waals surface area contributed by atoms with E-state index in [1.54, 1.807) is 6.92 Å². The van der Waals surface area contributed by atoms with Crippen molar-refractivity contribution in [3.63, 3.8) is 0 Å². The highest BCUT2D eigenvalue weighted by molar-refractivity contribution is 5.85. The van der Waals surface area contributed by atoms with Gasteiger partial charge in [0.1, 0.15) is 0 Å². The number of carbonyl (C=O) groups is 1. The minimum atomic E-state index is -0.584.